The van der Waals surface area contributed by atoms with Gasteiger partial charge in [-0.15, -0.1) is 0 Å². The van der Waals surface area contributed by atoms with E-state index < -0.39 is 5.97 Å². The first-order valence-corrected chi connectivity index (χ1v) is 8.25. The second-order valence-electron chi connectivity index (χ2n) is 6.56. The minimum Gasteiger partial charge on any atom is -0.483 e. The summed E-state index contributed by atoms with van der Waals surface area (Å²) in [6.07, 6.45) is 1.93. The summed E-state index contributed by atoms with van der Waals surface area (Å²) in [5.74, 6) is -0.389. The molecule has 0 aliphatic carbocycles. The third-order valence-electron chi connectivity index (χ3n) is 4.73. The van der Waals surface area contributed by atoms with E-state index in [9.17, 15) is 4.79 Å². The Kier molecular flexibility index (Phi) is 6.91. The molecule has 2 fully saturated rings. The highest BCUT2D eigenvalue weighted by atomic mass is 16.5. The zero-order valence-electron chi connectivity index (χ0n) is 14.7. The van der Waals surface area contributed by atoms with E-state index >= 15 is 0 Å². The topological polar surface area (TPSA) is 108 Å². The van der Waals surface area contributed by atoms with Crippen molar-refractivity contribution in [1.29, 1.82) is 0 Å². The molecule has 0 amide bonds. The molecule has 2 aliphatic rings. The predicted molar refractivity (Wildman–Crippen MR) is 89.2 cm³/mol. The zero-order valence-corrected chi connectivity index (χ0v) is 14.7. The summed E-state index contributed by atoms with van der Waals surface area (Å²) in [7, 11) is 1.96. The average Bonchev–Trinajstić information content (AvgIpc) is 2.69. The fourth-order valence-corrected chi connectivity index (χ4v) is 3.46. The fourth-order valence-electron chi connectivity index (χ4n) is 3.46. The molecule has 0 unspecified atom stereocenters. The molecule has 3 rings (SSSR count). The standard InChI is InChI=1S/C15H24N4O3.CH2O2/c1-11-13(3-16-17(11)2)6-19-5-12-4-18(8-15(20)21)7-14(19)10-22-9-12;2-1-3/h3,12,14H,4-10H2,1-2H3,(H,20,21);1H,(H,2,3)/t12-,14-;/m0./s1. The number of aryl methyl sites for hydroxylation is 1. The van der Waals surface area contributed by atoms with Crippen molar-refractivity contribution < 1.29 is 24.5 Å². The summed E-state index contributed by atoms with van der Waals surface area (Å²) < 4.78 is 7.68. The van der Waals surface area contributed by atoms with Crippen LogP contribution in [0.15, 0.2) is 6.20 Å². The maximum atomic E-state index is 11.0. The van der Waals surface area contributed by atoms with Crippen molar-refractivity contribution in [1.82, 2.24) is 19.6 Å². The van der Waals surface area contributed by atoms with Crippen molar-refractivity contribution in [2.45, 2.75) is 19.5 Å². The van der Waals surface area contributed by atoms with Gasteiger partial charge in [-0.25, -0.2) is 0 Å². The van der Waals surface area contributed by atoms with Crippen molar-refractivity contribution in [3.63, 3.8) is 0 Å². The Morgan fingerprint density at radius 3 is 2.72 bits per heavy atom. The molecule has 2 saturated heterocycles. The lowest BCUT2D eigenvalue weighted by Crippen LogP contribution is -2.44. The third kappa shape index (κ3) is 5.25. The van der Waals surface area contributed by atoms with Gasteiger partial charge in [0.05, 0.1) is 26.0 Å². The summed E-state index contributed by atoms with van der Waals surface area (Å²) in [6, 6.07) is 0.242. The smallest absolute Gasteiger partial charge is 0.317 e. The van der Waals surface area contributed by atoms with E-state index in [1.807, 2.05) is 17.9 Å². The van der Waals surface area contributed by atoms with Gasteiger partial charge in [0.1, 0.15) is 0 Å². The van der Waals surface area contributed by atoms with Crippen LogP contribution in [0.3, 0.4) is 0 Å². The molecule has 1 aromatic rings. The number of fused-ring (bicyclic) bond motifs is 3. The summed E-state index contributed by atoms with van der Waals surface area (Å²) in [6.45, 7) is 6.70. The van der Waals surface area contributed by atoms with E-state index in [0.29, 0.717) is 12.5 Å². The Hall–Kier alpha value is -1.97. The number of carboxylic acids is 1. The highest BCUT2D eigenvalue weighted by Crippen LogP contribution is 2.22. The SMILES string of the molecule is Cc1c(CN2C[C@H]3COC[C@@H]2CN(CC(=O)O)C3)cnn1C.O=CO. The molecule has 0 radical (unpaired) electrons. The summed E-state index contributed by atoms with van der Waals surface area (Å²) in [5.41, 5.74) is 2.42. The van der Waals surface area contributed by atoms with Crippen molar-refractivity contribution >= 4 is 12.4 Å². The number of aliphatic carboxylic acids is 1. The fraction of sp³-hybridized carbons (Fsp3) is 0.688. The van der Waals surface area contributed by atoms with Crippen LogP contribution in [0.5, 0.6) is 0 Å². The molecule has 2 N–H and O–H groups in total. The van der Waals surface area contributed by atoms with Crippen molar-refractivity contribution in [2.24, 2.45) is 13.0 Å². The van der Waals surface area contributed by atoms with Gasteiger partial charge in [-0.05, 0) is 6.92 Å². The quantitative estimate of drug-likeness (QED) is 0.706. The van der Waals surface area contributed by atoms with Crippen LogP contribution in [0, 0.1) is 12.8 Å². The molecule has 2 bridgehead atoms. The van der Waals surface area contributed by atoms with Crippen LogP contribution in [0.1, 0.15) is 11.3 Å². The maximum absolute atomic E-state index is 11.0. The van der Waals surface area contributed by atoms with Crippen LogP contribution in [0.2, 0.25) is 0 Å². The first kappa shape index (κ1) is 19.4. The van der Waals surface area contributed by atoms with Gasteiger partial charge in [0, 0.05) is 56.4 Å². The monoisotopic (exact) mass is 354 g/mol. The highest BCUT2D eigenvalue weighted by molar-refractivity contribution is 5.69. The van der Waals surface area contributed by atoms with Gasteiger partial charge in [-0.3, -0.25) is 24.1 Å². The van der Waals surface area contributed by atoms with E-state index in [-0.39, 0.29) is 19.1 Å². The summed E-state index contributed by atoms with van der Waals surface area (Å²) in [5, 5.41) is 20.3. The molecule has 0 aromatic carbocycles. The Labute approximate surface area is 146 Å². The lowest BCUT2D eigenvalue weighted by Gasteiger charge is -2.30. The molecule has 3 heterocycles. The minimum absolute atomic E-state index is 0.118. The van der Waals surface area contributed by atoms with E-state index in [2.05, 4.69) is 21.8 Å². The molecule has 1 aromatic heterocycles. The molecular formula is C16H26N4O5. The summed E-state index contributed by atoms with van der Waals surface area (Å²) in [4.78, 5) is 23.9. The number of hydrogen-bond acceptors (Lipinski definition) is 6. The second-order valence-corrected chi connectivity index (χ2v) is 6.56. The van der Waals surface area contributed by atoms with Crippen LogP contribution in [0.4, 0.5) is 0 Å². The Morgan fingerprint density at radius 2 is 2.12 bits per heavy atom. The van der Waals surface area contributed by atoms with Gasteiger partial charge in [0.15, 0.2) is 0 Å². The molecule has 0 spiro atoms. The lowest BCUT2D eigenvalue weighted by molar-refractivity contribution is -0.138. The second kappa shape index (κ2) is 8.93. The molecule has 9 nitrogen and oxygen atoms in total. The number of aromatic nitrogens is 2. The Morgan fingerprint density at radius 1 is 1.40 bits per heavy atom. The lowest BCUT2D eigenvalue weighted by atomic mass is 10.1. The van der Waals surface area contributed by atoms with Gasteiger partial charge in [-0.2, -0.15) is 5.10 Å². The Bertz CT molecular complexity index is 591. The van der Waals surface area contributed by atoms with Gasteiger partial charge in [0.25, 0.3) is 6.47 Å². The van der Waals surface area contributed by atoms with Crippen LogP contribution < -0.4 is 0 Å². The van der Waals surface area contributed by atoms with Gasteiger partial charge >= 0.3 is 5.97 Å². The van der Waals surface area contributed by atoms with Crippen LogP contribution in [-0.4, -0.2) is 87.7 Å². The van der Waals surface area contributed by atoms with Crippen LogP contribution in [-0.2, 0) is 27.9 Å². The molecule has 9 heteroatoms. The highest BCUT2D eigenvalue weighted by Gasteiger charge is 2.34. The first-order valence-electron chi connectivity index (χ1n) is 8.25. The number of rotatable bonds is 4. The van der Waals surface area contributed by atoms with Gasteiger partial charge in [-0.1, -0.05) is 0 Å². The van der Waals surface area contributed by atoms with Crippen molar-refractivity contribution in [3.05, 3.63) is 17.5 Å². The first-order chi connectivity index (χ1) is 11.9. The van der Waals surface area contributed by atoms with Crippen LogP contribution >= 0.6 is 0 Å². The molecular weight excluding hydrogens is 328 g/mol. The molecule has 2 atom stereocenters. The number of ether oxygens (including phenoxy) is 1. The van der Waals surface area contributed by atoms with Crippen LogP contribution in [0.25, 0.3) is 0 Å². The molecule has 25 heavy (non-hydrogen) atoms. The van der Waals surface area contributed by atoms with Crippen molar-refractivity contribution in [2.75, 3.05) is 39.4 Å². The Balaban J connectivity index is 0.000000701. The normalized spacial score (nSPS) is 24.1. The molecule has 140 valence electrons. The van der Waals surface area contributed by atoms with Crippen molar-refractivity contribution in [3.8, 4) is 0 Å². The third-order valence-corrected chi connectivity index (χ3v) is 4.73. The van der Waals surface area contributed by atoms with Gasteiger partial charge in [0.2, 0.25) is 0 Å². The predicted octanol–water partition coefficient (Wildman–Crippen LogP) is -0.353. The van der Waals surface area contributed by atoms with Gasteiger partial charge < -0.3 is 14.9 Å². The average molecular weight is 354 g/mol. The molecule has 2 aliphatic heterocycles. The largest absolute Gasteiger partial charge is 0.483 e. The summed E-state index contributed by atoms with van der Waals surface area (Å²) >= 11 is 0. The maximum Gasteiger partial charge on any atom is 0.317 e. The van der Waals surface area contributed by atoms with E-state index in [0.717, 1.165) is 32.8 Å². The minimum atomic E-state index is -0.754. The van der Waals surface area contributed by atoms with E-state index in [1.54, 1.807) is 0 Å². The number of hydrogen-bond donors (Lipinski definition) is 2. The number of nitrogens with zero attached hydrogens (tertiary/aromatic N) is 4. The number of carbonyl (C=O) groups is 2. The zero-order chi connectivity index (χ0) is 18.4. The molecule has 0 saturated carbocycles. The van der Waals surface area contributed by atoms with E-state index in [1.165, 1.54) is 11.3 Å². The van der Waals surface area contributed by atoms with E-state index in [4.69, 9.17) is 19.7 Å². The number of carboxylic acid groups (broad SMARTS) is 2.